The second-order valence-corrected chi connectivity index (χ2v) is 2.12. The van der Waals surface area contributed by atoms with Crippen molar-refractivity contribution in [2.24, 2.45) is 0 Å². The molecule has 0 aliphatic carbocycles. The topological polar surface area (TPSA) is 39.9 Å². The zero-order valence-electron chi connectivity index (χ0n) is 5.33. The summed E-state index contributed by atoms with van der Waals surface area (Å²) in [5.74, 6) is 0.745. The quantitative estimate of drug-likeness (QED) is 0.641. The fourth-order valence-electron chi connectivity index (χ4n) is 0.385. The predicted octanol–water partition coefficient (Wildman–Crippen LogP) is 0.462. The SMILES string of the molecule is CSc1n[n-]c(C)n1.[Y]. The standard InChI is InChI=1S/C4H6N3S.Y/c1-3-5-4(8-2)7-6-3;/h1-2H3;/q-1;. The van der Waals surface area contributed by atoms with Crippen molar-refractivity contribution in [1.29, 1.82) is 0 Å². The van der Waals surface area contributed by atoms with Gasteiger partial charge in [-0.1, -0.05) is 5.82 Å². The van der Waals surface area contributed by atoms with Crippen LogP contribution in [0.5, 0.6) is 0 Å². The Morgan fingerprint density at radius 1 is 1.56 bits per heavy atom. The van der Waals surface area contributed by atoms with E-state index in [1.54, 1.807) is 0 Å². The monoisotopic (exact) mass is 217 g/mol. The van der Waals surface area contributed by atoms with Crippen molar-refractivity contribution in [3.05, 3.63) is 5.82 Å². The Kier molecular flexibility index (Phi) is 4.71. The van der Waals surface area contributed by atoms with Gasteiger partial charge in [0.1, 0.15) is 0 Å². The normalized spacial score (nSPS) is 8.67. The summed E-state index contributed by atoms with van der Waals surface area (Å²) < 4.78 is 0. The Bertz CT molecular complexity index is 176. The van der Waals surface area contributed by atoms with Crippen LogP contribution < -0.4 is 5.10 Å². The number of rotatable bonds is 1. The average molecular weight is 217 g/mol. The first-order valence-corrected chi connectivity index (χ1v) is 3.43. The van der Waals surface area contributed by atoms with Gasteiger partial charge in [0.15, 0.2) is 0 Å². The minimum absolute atomic E-state index is 0. The molecule has 1 radical (unpaired) electrons. The molecule has 3 nitrogen and oxygen atoms in total. The molecule has 0 bridgehead atoms. The summed E-state index contributed by atoms with van der Waals surface area (Å²) >= 11 is 1.50. The van der Waals surface area contributed by atoms with E-state index in [0.717, 1.165) is 11.0 Å². The molecule has 0 saturated carbocycles. The molecule has 1 heterocycles. The maximum absolute atomic E-state index is 3.97. The molecule has 1 aromatic rings. The van der Waals surface area contributed by atoms with E-state index in [4.69, 9.17) is 0 Å². The first kappa shape index (κ1) is 9.59. The molecule has 5 heteroatoms. The fraction of sp³-hybridized carbons (Fsp3) is 0.500. The summed E-state index contributed by atoms with van der Waals surface area (Å²) in [7, 11) is 0. The number of nitrogens with zero attached hydrogens (tertiary/aromatic N) is 3. The second-order valence-electron chi connectivity index (χ2n) is 1.35. The summed E-state index contributed by atoms with van der Waals surface area (Å²) in [5.41, 5.74) is 0. The maximum Gasteiger partial charge on any atom is 0.0838 e. The molecule has 0 aliphatic heterocycles. The van der Waals surface area contributed by atoms with Crippen molar-refractivity contribution in [2.45, 2.75) is 12.1 Å². The Labute approximate surface area is 83.3 Å². The van der Waals surface area contributed by atoms with E-state index >= 15 is 0 Å². The summed E-state index contributed by atoms with van der Waals surface area (Å²) in [6.45, 7) is 1.83. The third-order valence-corrected chi connectivity index (χ3v) is 1.26. The number of aryl methyl sites for hydroxylation is 1. The summed E-state index contributed by atoms with van der Waals surface area (Å²) in [6, 6.07) is 0. The zero-order valence-corrected chi connectivity index (χ0v) is 8.98. The maximum atomic E-state index is 3.97. The van der Waals surface area contributed by atoms with E-state index in [1.807, 2.05) is 13.2 Å². The van der Waals surface area contributed by atoms with E-state index in [1.165, 1.54) is 11.8 Å². The molecular weight excluding hydrogens is 211 g/mol. The van der Waals surface area contributed by atoms with Gasteiger partial charge in [0, 0.05) is 32.7 Å². The van der Waals surface area contributed by atoms with Gasteiger partial charge >= 0.3 is 0 Å². The van der Waals surface area contributed by atoms with Gasteiger partial charge in [0.05, 0.1) is 5.16 Å². The van der Waals surface area contributed by atoms with Crippen molar-refractivity contribution in [1.82, 2.24) is 15.2 Å². The van der Waals surface area contributed by atoms with Crippen LogP contribution in [0.2, 0.25) is 0 Å². The number of hydrogen-bond donors (Lipinski definition) is 0. The van der Waals surface area contributed by atoms with Gasteiger partial charge in [0.25, 0.3) is 0 Å². The molecule has 0 unspecified atom stereocenters. The smallest absolute Gasteiger partial charge is 0.0838 e. The molecule has 0 N–H and O–H groups in total. The fourth-order valence-corrected chi connectivity index (χ4v) is 0.731. The third kappa shape index (κ3) is 2.78. The van der Waals surface area contributed by atoms with E-state index < -0.39 is 0 Å². The molecule has 0 amide bonds. The molecular formula is C4H6N3SY-. The largest absolute Gasteiger partial charge is 0.417 e. The summed E-state index contributed by atoms with van der Waals surface area (Å²) in [4.78, 5) is 3.97. The minimum atomic E-state index is 0. The zero-order chi connectivity index (χ0) is 5.98. The summed E-state index contributed by atoms with van der Waals surface area (Å²) in [5, 5.41) is 8.19. The van der Waals surface area contributed by atoms with E-state index in [-0.39, 0.29) is 32.7 Å². The van der Waals surface area contributed by atoms with Crippen LogP contribution in [0.3, 0.4) is 0 Å². The van der Waals surface area contributed by atoms with Crippen LogP contribution in [0, 0.1) is 6.92 Å². The Balaban J connectivity index is 0.000000640. The summed E-state index contributed by atoms with van der Waals surface area (Å²) in [6.07, 6.45) is 1.93. The molecule has 1 rings (SSSR count). The molecule has 9 heavy (non-hydrogen) atoms. The first-order chi connectivity index (χ1) is 3.83. The molecule has 0 spiro atoms. The van der Waals surface area contributed by atoms with Gasteiger partial charge < -0.3 is 10.1 Å². The van der Waals surface area contributed by atoms with Crippen molar-refractivity contribution in [2.75, 3.05) is 6.26 Å². The molecule has 0 saturated heterocycles. The molecule has 1 aromatic heterocycles. The molecule has 0 fully saturated rings. The minimum Gasteiger partial charge on any atom is -0.417 e. The Morgan fingerprint density at radius 3 is 2.44 bits per heavy atom. The Hall–Kier alpha value is 0.594. The number of aromatic nitrogens is 3. The van der Waals surface area contributed by atoms with Gasteiger partial charge in [-0.05, 0) is 13.2 Å². The third-order valence-electron chi connectivity index (χ3n) is 0.720. The van der Waals surface area contributed by atoms with E-state index in [9.17, 15) is 0 Å². The van der Waals surface area contributed by atoms with Gasteiger partial charge in [-0.25, -0.2) is 0 Å². The van der Waals surface area contributed by atoms with Crippen molar-refractivity contribution in [3.63, 3.8) is 0 Å². The van der Waals surface area contributed by atoms with Gasteiger partial charge in [-0.3, -0.25) is 5.10 Å². The van der Waals surface area contributed by atoms with Crippen LogP contribution in [0.25, 0.3) is 0 Å². The number of hydrogen-bond acceptors (Lipinski definition) is 3. The molecule has 0 atom stereocenters. The van der Waals surface area contributed by atoms with Gasteiger partial charge in [-0.2, -0.15) is 0 Å². The predicted molar refractivity (Wildman–Crippen MR) is 31.9 cm³/mol. The molecule has 47 valence electrons. The Morgan fingerprint density at radius 2 is 2.22 bits per heavy atom. The molecule has 0 aliphatic rings. The van der Waals surface area contributed by atoms with Crippen molar-refractivity contribution in [3.8, 4) is 0 Å². The van der Waals surface area contributed by atoms with Gasteiger partial charge in [-0.15, -0.1) is 11.8 Å². The van der Waals surface area contributed by atoms with Gasteiger partial charge in [0.2, 0.25) is 0 Å². The van der Waals surface area contributed by atoms with Crippen LogP contribution >= 0.6 is 11.8 Å². The van der Waals surface area contributed by atoms with Crippen LogP contribution in [0.1, 0.15) is 5.82 Å². The van der Waals surface area contributed by atoms with Crippen LogP contribution in [-0.2, 0) is 32.7 Å². The first-order valence-electron chi connectivity index (χ1n) is 2.21. The van der Waals surface area contributed by atoms with Crippen LogP contribution in [0.15, 0.2) is 5.16 Å². The van der Waals surface area contributed by atoms with Crippen molar-refractivity contribution >= 4 is 11.8 Å². The van der Waals surface area contributed by atoms with Crippen LogP contribution in [0.4, 0.5) is 0 Å². The van der Waals surface area contributed by atoms with Crippen LogP contribution in [-0.4, -0.2) is 16.3 Å². The van der Waals surface area contributed by atoms with E-state index in [0.29, 0.717) is 0 Å². The molecule has 0 aromatic carbocycles. The van der Waals surface area contributed by atoms with E-state index in [2.05, 4.69) is 15.2 Å². The van der Waals surface area contributed by atoms with Crippen molar-refractivity contribution < 1.29 is 32.7 Å². The second kappa shape index (κ2) is 4.42. The average Bonchev–Trinajstić information content (AvgIpc) is 2.14. The number of thioether (sulfide) groups is 1.